The highest BCUT2D eigenvalue weighted by molar-refractivity contribution is 5.76. The molecule has 1 rings (SSSR count). The smallest absolute Gasteiger partial charge is 0.266 e. The molecule has 0 aliphatic carbocycles. The van der Waals surface area contributed by atoms with Crippen LogP contribution in [-0.4, -0.2) is 24.0 Å². The van der Waals surface area contributed by atoms with Gasteiger partial charge in [0.25, 0.3) is 5.56 Å². The van der Waals surface area contributed by atoms with Gasteiger partial charge in [-0.15, -0.1) is 0 Å². The van der Waals surface area contributed by atoms with Crippen LogP contribution in [0.5, 0.6) is 0 Å². The van der Waals surface area contributed by atoms with Crippen LogP contribution >= 0.6 is 0 Å². The molecule has 0 atom stereocenters. The number of aryl methyl sites for hydroxylation is 1. The lowest BCUT2D eigenvalue weighted by Crippen LogP contribution is -2.26. The average molecular weight is 276 g/mol. The summed E-state index contributed by atoms with van der Waals surface area (Å²) < 4.78 is 0. The molecule has 1 heterocycles. The number of nitrogens with one attached hydrogen (secondary N) is 2. The predicted molar refractivity (Wildman–Crippen MR) is 76.3 cm³/mol. The molecule has 0 saturated carbocycles. The molecule has 108 valence electrons. The van der Waals surface area contributed by atoms with E-state index in [1.54, 1.807) is 13.8 Å². The van der Waals surface area contributed by atoms with E-state index in [0.29, 0.717) is 37.2 Å². The number of nitriles is 1. The monoisotopic (exact) mass is 276 g/mol. The van der Waals surface area contributed by atoms with Crippen molar-refractivity contribution in [2.24, 2.45) is 5.73 Å². The van der Waals surface area contributed by atoms with Gasteiger partial charge >= 0.3 is 0 Å². The van der Waals surface area contributed by atoms with Crippen molar-refractivity contribution in [3.05, 3.63) is 32.7 Å². The molecule has 0 fully saturated rings. The van der Waals surface area contributed by atoms with Crippen LogP contribution in [0.4, 0.5) is 0 Å². The molecular formula is C14H20N4O2. The van der Waals surface area contributed by atoms with Crippen LogP contribution in [0.2, 0.25) is 0 Å². The molecule has 0 bridgehead atoms. The number of amides is 1. The zero-order valence-electron chi connectivity index (χ0n) is 11.9. The molecule has 20 heavy (non-hydrogen) atoms. The number of rotatable bonds is 6. The molecular weight excluding hydrogens is 256 g/mol. The number of nitrogens with zero attached hydrogens (tertiary/aromatic N) is 1. The maximum atomic E-state index is 11.6. The van der Waals surface area contributed by atoms with E-state index in [-0.39, 0.29) is 17.0 Å². The average Bonchev–Trinajstić information content (AvgIpc) is 2.38. The zero-order chi connectivity index (χ0) is 15.1. The first-order chi connectivity index (χ1) is 9.51. The topological polar surface area (TPSA) is 112 Å². The number of nitrogens with two attached hydrogens (primary N) is 1. The molecule has 0 spiro atoms. The second-order valence-electron chi connectivity index (χ2n) is 4.66. The van der Waals surface area contributed by atoms with Gasteiger partial charge in [-0.05, 0) is 44.4 Å². The summed E-state index contributed by atoms with van der Waals surface area (Å²) >= 11 is 0. The highest BCUT2D eigenvalue weighted by atomic mass is 16.1. The van der Waals surface area contributed by atoms with Crippen molar-refractivity contribution in [2.75, 3.05) is 13.1 Å². The summed E-state index contributed by atoms with van der Waals surface area (Å²) in [6.45, 7) is 4.63. The van der Waals surface area contributed by atoms with Gasteiger partial charge in [-0.3, -0.25) is 9.59 Å². The fraction of sp³-hybridized carbons (Fsp3) is 0.500. The van der Waals surface area contributed by atoms with E-state index < -0.39 is 0 Å². The van der Waals surface area contributed by atoms with Gasteiger partial charge in [-0.25, -0.2) is 0 Å². The number of hydrogen-bond acceptors (Lipinski definition) is 4. The minimum atomic E-state index is -0.376. The lowest BCUT2D eigenvalue weighted by molar-refractivity contribution is -0.121. The van der Waals surface area contributed by atoms with Crippen LogP contribution in [0.25, 0.3) is 0 Å². The standard InChI is InChI=1S/C14H20N4O2/c1-9-11(4-5-13(19)17-7-3-6-15)10(2)18-14(20)12(9)8-16/h3-7,15H2,1-2H3,(H,17,19)(H,18,20). The molecule has 6 heteroatoms. The Balaban J connectivity index is 2.76. The van der Waals surface area contributed by atoms with Crippen LogP contribution in [-0.2, 0) is 11.2 Å². The third-order valence-corrected chi connectivity index (χ3v) is 3.23. The highest BCUT2D eigenvalue weighted by Gasteiger charge is 2.13. The van der Waals surface area contributed by atoms with E-state index >= 15 is 0 Å². The van der Waals surface area contributed by atoms with Crippen molar-refractivity contribution >= 4 is 5.91 Å². The summed E-state index contributed by atoms with van der Waals surface area (Å²) in [5.41, 5.74) is 7.32. The van der Waals surface area contributed by atoms with E-state index in [1.165, 1.54) is 0 Å². The third kappa shape index (κ3) is 3.93. The van der Waals surface area contributed by atoms with Gasteiger partial charge in [-0.2, -0.15) is 5.26 Å². The molecule has 4 N–H and O–H groups in total. The largest absolute Gasteiger partial charge is 0.356 e. The summed E-state index contributed by atoms with van der Waals surface area (Å²) in [5, 5.41) is 11.8. The molecule has 0 radical (unpaired) electrons. The fourth-order valence-electron chi connectivity index (χ4n) is 2.08. The SMILES string of the molecule is Cc1[nH]c(=O)c(C#N)c(C)c1CCC(=O)NCCCN. The summed E-state index contributed by atoms with van der Waals surface area (Å²) in [6, 6.07) is 1.90. The molecule has 1 aromatic rings. The quantitative estimate of drug-likeness (QED) is 0.647. The Kier molecular flexibility index (Phi) is 5.94. The van der Waals surface area contributed by atoms with Crippen LogP contribution in [0.15, 0.2) is 4.79 Å². The van der Waals surface area contributed by atoms with Gasteiger partial charge in [0.05, 0.1) is 0 Å². The number of carbonyl (C=O) groups excluding carboxylic acids is 1. The van der Waals surface area contributed by atoms with Crippen molar-refractivity contribution in [1.82, 2.24) is 10.3 Å². The van der Waals surface area contributed by atoms with Crippen LogP contribution < -0.4 is 16.6 Å². The lowest BCUT2D eigenvalue weighted by atomic mass is 9.99. The Morgan fingerprint density at radius 1 is 1.45 bits per heavy atom. The summed E-state index contributed by atoms with van der Waals surface area (Å²) in [4.78, 5) is 25.9. The molecule has 1 aromatic heterocycles. The summed E-state index contributed by atoms with van der Waals surface area (Å²) in [5.74, 6) is -0.0537. The first kappa shape index (κ1) is 15.9. The minimum Gasteiger partial charge on any atom is -0.356 e. The van der Waals surface area contributed by atoms with E-state index in [2.05, 4.69) is 10.3 Å². The highest BCUT2D eigenvalue weighted by Crippen LogP contribution is 2.14. The predicted octanol–water partition coefficient (Wildman–Crippen LogP) is 0.261. The maximum Gasteiger partial charge on any atom is 0.266 e. The Morgan fingerprint density at radius 2 is 2.15 bits per heavy atom. The first-order valence-corrected chi connectivity index (χ1v) is 6.60. The second-order valence-corrected chi connectivity index (χ2v) is 4.66. The molecule has 0 aliphatic rings. The van der Waals surface area contributed by atoms with Gasteiger partial charge < -0.3 is 16.0 Å². The van der Waals surface area contributed by atoms with E-state index in [0.717, 1.165) is 12.0 Å². The summed E-state index contributed by atoms with van der Waals surface area (Å²) in [7, 11) is 0. The van der Waals surface area contributed by atoms with Gasteiger partial charge in [0.15, 0.2) is 0 Å². The number of carbonyl (C=O) groups is 1. The van der Waals surface area contributed by atoms with Gasteiger partial charge in [0.2, 0.25) is 5.91 Å². The molecule has 0 aromatic carbocycles. The van der Waals surface area contributed by atoms with E-state index in [1.807, 2.05) is 6.07 Å². The summed E-state index contributed by atoms with van der Waals surface area (Å²) in [6.07, 6.45) is 1.57. The number of hydrogen-bond donors (Lipinski definition) is 3. The Labute approximate surface area is 118 Å². The Hall–Kier alpha value is -2.13. The van der Waals surface area contributed by atoms with Crippen LogP contribution in [0, 0.1) is 25.2 Å². The number of pyridine rings is 1. The number of H-pyrrole nitrogens is 1. The number of aromatic nitrogens is 1. The first-order valence-electron chi connectivity index (χ1n) is 6.60. The molecule has 1 amide bonds. The fourth-order valence-corrected chi connectivity index (χ4v) is 2.08. The molecule has 0 unspecified atom stereocenters. The zero-order valence-corrected chi connectivity index (χ0v) is 11.9. The Bertz CT molecular complexity index is 584. The van der Waals surface area contributed by atoms with Crippen LogP contribution in [0.1, 0.15) is 35.2 Å². The molecule has 0 aliphatic heterocycles. The van der Waals surface area contributed by atoms with Gasteiger partial charge in [0, 0.05) is 18.7 Å². The Morgan fingerprint density at radius 3 is 2.75 bits per heavy atom. The lowest BCUT2D eigenvalue weighted by Gasteiger charge is -2.10. The van der Waals surface area contributed by atoms with Gasteiger partial charge in [0.1, 0.15) is 11.6 Å². The molecule has 6 nitrogen and oxygen atoms in total. The second kappa shape index (κ2) is 7.46. The van der Waals surface area contributed by atoms with Crippen molar-refractivity contribution in [1.29, 1.82) is 5.26 Å². The normalized spacial score (nSPS) is 10.1. The van der Waals surface area contributed by atoms with E-state index in [9.17, 15) is 9.59 Å². The number of aromatic amines is 1. The van der Waals surface area contributed by atoms with Crippen molar-refractivity contribution < 1.29 is 4.79 Å². The van der Waals surface area contributed by atoms with Crippen LogP contribution in [0.3, 0.4) is 0 Å². The minimum absolute atomic E-state index is 0.0537. The van der Waals surface area contributed by atoms with Gasteiger partial charge in [-0.1, -0.05) is 0 Å². The van der Waals surface area contributed by atoms with Crippen molar-refractivity contribution in [3.63, 3.8) is 0 Å². The maximum absolute atomic E-state index is 11.6. The third-order valence-electron chi connectivity index (χ3n) is 3.23. The van der Waals surface area contributed by atoms with E-state index in [4.69, 9.17) is 11.0 Å². The van der Waals surface area contributed by atoms with Crippen molar-refractivity contribution in [2.45, 2.75) is 33.1 Å². The molecule has 0 saturated heterocycles. The van der Waals surface area contributed by atoms with Crippen molar-refractivity contribution in [3.8, 4) is 6.07 Å².